The van der Waals surface area contributed by atoms with Crippen LogP contribution in [-0.2, 0) is 4.79 Å². The number of rotatable bonds is 7. The van der Waals surface area contributed by atoms with Crippen molar-refractivity contribution in [2.45, 2.75) is 38.5 Å². The molecule has 0 saturated carbocycles. The van der Waals surface area contributed by atoms with E-state index in [1.54, 1.807) is 0 Å². The van der Waals surface area contributed by atoms with Gasteiger partial charge < -0.3 is 0 Å². The van der Waals surface area contributed by atoms with Gasteiger partial charge in [-0.15, -0.1) is 0 Å². The fourth-order valence-electron chi connectivity index (χ4n) is 0.822. The molecular weight excluding hydrogens is 131 g/mol. The molecule has 0 aliphatic heterocycles. The van der Waals surface area contributed by atoms with E-state index in [1.165, 1.54) is 0 Å². The molecule has 0 aromatic heterocycles. The van der Waals surface area contributed by atoms with Gasteiger partial charge in [-0.25, -0.2) is 0 Å². The minimum atomic E-state index is -0.209. The van der Waals surface area contributed by atoms with E-state index in [-0.39, 0.29) is 6.67 Å². The summed E-state index contributed by atoms with van der Waals surface area (Å²) in [5, 5.41) is 0. The summed E-state index contributed by atoms with van der Waals surface area (Å²) < 4.78 is 11.5. The second-order valence-electron chi connectivity index (χ2n) is 2.35. The Labute approximate surface area is 61.6 Å². The van der Waals surface area contributed by atoms with Gasteiger partial charge >= 0.3 is 0 Å². The molecule has 0 fully saturated rings. The monoisotopic (exact) mass is 145 g/mol. The predicted octanol–water partition coefficient (Wildman–Crippen LogP) is 2.41. The largest absolute Gasteiger partial charge is 0.291 e. The minimum absolute atomic E-state index is 0.209. The average Bonchev–Trinajstić information content (AvgIpc) is 1.97. The summed E-state index contributed by atoms with van der Waals surface area (Å²) in [4.78, 5) is 9.71. The summed E-state index contributed by atoms with van der Waals surface area (Å²) in [6.45, 7) is -0.209. The molecule has 2 heteroatoms. The van der Waals surface area contributed by atoms with Gasteiger partial charge in [0.05, 0.1) is 6.67 Å². The van der Waals surface area contributed by atoms with Crippen molar-refractivity contribution in [1.82, 2.24) is 0 Å². The van der Waals surface area contributed by atoms with Gasteiger partial charge in [0.2, 0.25) is 0 Å². The van der Waals surface area contributed by atoms with Crippen molar-refractivity contribution in [3.05, 3.63) is 0 Å². The Kier molecular flexibility index (Phi) is 8.26. The molecule has 0 N–H and O–H groups in total. The number of hydrogen-bond acceptors (Lipinski definition) is 1. The van der Waals surface area contributed by atoms with E-state index in [4.69, 9.17) is 0 Å². The van der Waals surface area contributed by atoms with Crippen molar-refractivity contribution in [2.24, 2.45) is 0 Å². The van der Waals surface area contributed by atoms with Gasteiger partial charge in [0.25, 0.3) is 0 Å². The van der Waals surface area contributed by atoms with Crippen LogP contribution in [0.25, 0.3) is 0 Å². The van der Waals surface area contributed by atoms with Crippen LogP contribution in [0.5, 0.6) is 0 Å². The van der Waals surface area contributed by atoms with Gasteiger partial charge in [0.15, 0.2) is 6.29 Å². The van der Waals surface area contributed by atoms with Crippen LogP contribution in [0, 0.1) is 0 Å². The Morgan fingerprint density at radius 1 is 1.00 bits per heavy atom. The first-order valence-corrected chi connectivity index (χ1v) is 3.82. The fourth-order valence-corrected chi connectivity index (χ4v) is 0.822. The van der Waals surface area contributed by atoms with Crippen LogP contribution in [0.4, 0.5) is 4.39 Å². The maximum Gasteiger partial charge on any atom is 0.198 e. The highest BCUT2D eigenvalue weighted by Gasteiger charge is 1.89. The smallest absolute Gasteiger partial charge is 0.198 e. The summed E-state index contributed by atoms with van der Waals surface area (Å²) >= 11 is 0. The van der Waals surface area contributed by atoms with Crippen LogP contribution < -0.4 is 0 Å². The van der Waals surface area contributed by atoms with Crippen molar-refractivity contribution >= 4 is 6.29 Å². The highest BCUT2D eigenvalue weighted by atomic mass is 19.1. The van der Waals surface area contributed by atoms with Gasteiger partial charge in [0, 0.05) is 6.42 Å². The standard InChI is InChI=1S/C8H14FO/c9-7-5-3-1-2-4-6-8-10/h1-7H2. The third-order valence-electron chi connectivity index (χ3n) is 1.41. The molecule has 1 radical (unpaired) electrons. The lowest BCUT2D eigenvalue weighted by Crippen LogP contribution is -1.81. The number of unbranched alkanes of at least 4 members (excludes halogenated alkanes) is 5. The summed E-state index contributed by atoms with van der Waals surface area (Å²) in [5.74, 6) is 0. The first kappa shape index (κ1) is 9.60. The summed E-state index contributed by atoms with van der Waals surface area (Å²) in [6.07, 6.45) is 6.99. The highest BCUT2D eigenvalue weighted by molar-refractivity contribution is 5.50. The fraction of sp³-hybridized carbons (Fsp3) is 0.875. The van der Waals surface area contributed by atoms with Crippen LogP contribution in [0.2, 0.25) is 0 Å². The molecular formula is C8H14FO. The Hall–Kier alpha value is -0.400. The topological polar surface area (TPSA) is 17.1 Å². The zero-order chi connectivity index (χ0) is 7.66. The molecule has 0 spiro atoms. The van der Waals surface area contributed by atoms with E-state index in [1.807, 2.05) is 6.29 Å². The van der Waals surface area contributed by atoms with E-state index in [2.05, 4.69) is 0 Å². The third kappa shape index (κ3) is 7.60. The third-order valence-corrected chi connectivity index (χ3v) is 1.41. The molecule has 0 aromatic carbocycles. The van der Waals surface area contributed by atoms with Crippen molar-refractivity contribution < 1.29 is 9.18 Å². The second-order valence-corrected chi connectivity index (χ2v) is 2.35. The number of alkyl halides is 1. The maximum absolute atomic E-state index is 11.5. The van der Waals surface area contributed by atoms with Crippen molar-refractivity contribution in [2.75, 3.05) is 6.67 Å². The second kappa shape index (κ2) is 8.60. The Balaban J connectivity index is 2.70. The summed E-state index contributed by atoms with van der Waals surface area (Å²) in [6, 6.07) is 0. The molecule has 0 aliphatic carbocycles. The predicted molar refractivity (Wildman–Crippen MR) is 39.4 cm³/mol. The molecule has 59 valence electrons. The molecule has 10 heavy (non-hydrogen) atoms. The van der Waals surface area contributed by atoms with Crippen LogP contribution in [-0.4, -0.2) is 13.0 Å². The lowest BCUT2D eigenvalue weighted by Gasteiger charge is -1.94. The van der Waals surface area contributed by atoms with E-state index < -0.39 is 0 Å². The zero-order valence-electron chi connectivity index (χ0n) is 6.24. The maximum atomic E-state index is 11.5. The number of hydrogen-bond donors (Lipinski definition) is 0. The lowest BCUT2D eigenvalue weighted by atomic mass is 10.1. The van der Waals surface area contributed by atoms with Crippen LogP contribution in [0.3, 0.4) is 0 Å². The molecule has 0 rings (SSSR count). The van der Waals surface area contributed by atoms with Gasteiger partial charge in [-0.3, -0.25) is 9.18 Å². The van der Waals surface area contributed by atoms with Gasteiger partial charge in [-0.05, 0) is 12.8 Å². The molecule has 0 atom stereocenters. The molecule has 0 saturated heterocycles. The van der Waals surface area contributed by atoms with Crippen molar-refractivity contribution in [3.63, 3.8) is 0 Å². The number of halogens is 1. The quantitative estimate of drug-likeness (QED) is 0.503. The highest BCUT2D eigenvalue weighted by Crippen LogP contribution is 2.03. The molecule has 0 amide bonds. The summed E-state index contributed by atoms with van der Waals surface area (Å²) in [5.41, 5.74) is 0. The first-order valence-electron chi connectivity index (χ1n) is 3.82. The molecule has 0 aliphatic rings. The van der Waals surface area contributed by atoms with E-state index in [0.717, 1.165) is 25.7 Å². The molecule has 0 unspecified atom stereocenters. The minimum Gasteiger partial charge on any atom is -0.291 e. The zero-order valence-corrected chi connectivity index (χ0v) is 6.24. The van der Waals surface area contributed by atoms with Gasteiger partial charge in [0.1, 0.15) is 0 Å². The van der Waals surface area contributed by atoms with Crippen molar-refractivity contribution in [3.8, 4) is 0 Å². The van der Waals surface area contributed by atoms with E-state index in [0.29, 0.717) is 12.8 Å². The number of carbonyl (C=O) groups excluding carboxylic acids is 1. The Morgan fingerprint density at radius 3 is 2.20 bits per heavy atom. The molecule has 0 bridgehead atoms. The SMILES string of the molecule is O=[C]CCCCCCCF. The van der Waals surface area contributed by atoms with E-state index >= 15 is 0 Å². The Bertz CT molecular complexity index is 73.7. The van der Waals surface area contributed by atoms with Crippen molar-refractivity contribution in [1.29, 1.82) is 0 Å². The van der Waals surface area contributed by atoms with Crippen LogP contribution in [0.1, 0.15) is 38.5 Å². The summed E-state index contributed by atoms with van der Waals surface area (Å²) in [7, 11) is 0. The molecule has 0 aromatic rings. The van der Waals surface area contributed by atoms with Gasteiger partial charge in [-0.2, -0.15) is 0 Å². The molecule has 0 heterocycles. The first-order chi connectivity index (χ1) is 4.91. The van der Waals surface area contributed by atoms with Crippen LogP contribution in [0.15, 0.2) is 0 Å². The van der Waals surface area contributed by atoms with E-state index in [9.17, 15) is 9.18 Å². The average molecular weight is 145 g/mol. The van der Waals surface area contributed by atoms with Crippen LogP contribution >= 0.6 is 0 Å². The normalized spacial score (nSPS) is 9.70. The van der Waals surface area contributed by atoms with Gasteiger partial charge in [-0.1, -0.05) is 19.3 Å². The Morgan fingerprint density at radius 2 is 1.60 bits per heavy atom. The molecule has 1 nitrogen and oxygen atoms in total. The lowest BCUT2D eigenvalue weighted by molar-refractivity contribution is 0.451.